The van der Waals surface area contributed by atoms with E-state index in [0.717, 1.165) is 0 Å². The molecule has 0 aromatic rings. The average molecular weight is 238 g/mol. The highest BCUT2D eigenvalue weighted by atomic mass is 28.4. The molecule has 2 aliphatic carbocycles. The van der Waals surface area contributed by atoms with E-state index in [4.69, 9.17) is 4.43 Å². The maximum atomic E-state index is 6.60. The third-order valence-electron chi connectivity index (χ3n) is 4.54. The van der Waals surface area contributed by atoms with Crippen molar-refractivity contribution in [2.24, 2.45) is 5.41 Å². The van der Waals surface area contributed by atoms with Crippen molar-refractivity contribution in [2.75, 3.05) is 0 Å². The smallest absolute Gasteiger partial charge is 0.184 e. The van der Waals surface area contributed by atoms with Crippen LogP contribution in [0.5, 0.6) is 0 Å². The second-order valence-electron chi connectivity index (χ2n) is 6.81. The largest absolute Gasteiger partial charge is 0.408 e. The molecule has 0 N–H and O–H groups in total. The maximum absolute atomic E-state index is 6.60. The highest BCUT2D eigenvalue weighted by molar-refractivity contribution is 6.69. The van der Waals surface area contributed by atoms with Gasteiger partial charge in [-0.05, 0) is 57.8 Å². The summed E-state index contributed by atoms with van der Waals surface area (Å²) in [6.45, 7) is 13.3. The second-order valence-corrected chi connectivity index (χ2v) is 11.2. The number of rotatable bonds is 3. The summed E-state index contributed by atoms with van der Waals surface area (Å²) in [5.41, 5.74) is 1.80. The Morgan fingerprint density at radius 1 is 1.06 bits per heavy atom. The first-order valence-electron chi connectivity index (χ1n) is 6.68. The number of hydrogen-bond acceptors (Lipinski definition) is 1. The Balaban J connectivity index is 2.27. The predicted molar refractivity (Wildman–Crippen MR) is 72.1 cm³/mol. The van der Waals surface area contributed by atoms with Crippen LogP contribution in [-0.2, 0) is 4.43 Å². The molecule has 1 atom stereocenters. The Kier molecular flexibility index (Phi) is 2.87. The van der Waals surface area contributed by atoms with E-state index >= 15 is 0 Å². The zero-order valence-corrected chi connectivity index (χ0v) is 12.4. The van der Waals surface area contributed by atoms with Crippen molar-refractivity contribution in [3.8, 4) is 0 Å². The third kappa shape index (κ3) is 1.70. The molecule has 0 aromatic carbocycles. The Bertz CT molecular complexity index is 296. The van der Waals surface area contributed by atoms with Crippen LogP contribution in [-0.4, -0.2) is 13.9 Å². The molecule has 2 heteroatoms. The van der Waals surface area contributed by atoms with Crippen molar-refractivity contribution in [3.63, 3.8) is 0 Å². The van der Waals surface area contributed by atoms with Crippen LogP contribution in [0.2, 0.25) is 19.6 Å². The molecule has 0 aliphatic heterocycles. The monoisotopic (exact) mass is 238 g/mol. The predicted octanol–water partition coefficient (Wildman–Crippen LogP) is 4.51. The topological polar surface area (TPSA) is 9.23 Å². The van der Waals surface area contributed by atoms with Crippen LogP contribution >= 0.6 is 0 Å². The minimum atomic E-state index is -1.48. The summed E-state index contributed by atoms with van der Waals surface area (Å²) in [7, 11) is -1.48. The fourth-order valence-corrected chi connectivity index (χ4v) is 5.38. The summed E-state index contributed by atoms with van der Waals surface area (Å²) < 4.78 is 6.60. The molecule has 2 saturated carbocycles. The molecule has 0 amide bonds. The first-order valence-corrected chi connectivity index (χ1v) is 10.1. The van der Waals surface area contributed by atoms with E-state index in [-0.39, 0.29) is 5.60 Å². The highest BCUT2D eigenvalue weighted by Gasteiger charge is 2.61. The average Bonchev–Trinajstić information content (AvgIpc) is 2.61. The first-order chi connectivity index (χ1) is 7.31. The van der Waals surface area contributed by atoms with Gasteiger partial charge in [0.2, 0.25) is 0 Å². The molecular formula is C14H26OSi. The summed E-state index contributed by atoms with van der Waals surface area (Å²) in [6.07, 6.45) is 8.10. The Morgan fingerprint density at radius 3 is 1.94 bits per heavy atom. The zero-order chi connectivity index (χ0) is 12.0. The molecule has 0 aromatic heterocycles. The highest BCUT2D eigenvalue weighted by Crippen LogP contribution is 2.64. The van der Waals surface area contributed by atoms with Gasteiger partial charge in [-0.1, -0.05) is 19.4 Å². The molecule has 0 bridgehead atoms. The molecule has 0 saturated heterocycles. The molecule has 0 radical (unpaired) electrons. The van der Waals surface area contributed by atoms with Crippen LogP contribution in [0.3, 0.4) is 0 Å². The van der Waals surface area contributed by atoms with Gasteiger partial charge in [0.05, 0.1) is 5.60 Å². The normalized spacial score (nSPS) is 32.8. The van der Waals surface area contributed by atoms with E-state index < -0.39 is 8.32 Å². The van der Waals surface area contributed by atoms with Crippen LogP contribution in [0.1, 0.15) is 45.4 Å². The summed E-state index contributed by atoms with van der Waals surface area (Å²) in [4.78, 5) is 0. The Hall–Kier alpha value is -0.0831. The first kappa shape index (κ1) is 12.4. The second kappa shape index (κ2) is 3.71. The van der Waals surface area contributed by atoms with E-state index in [1.807, 2.05) is 0 Å². The van der Waals surface area contributed by atoms with Crippen molar-refractivity contribution < 1.29 is 4.43 Å². The lowest BCUT2D eigenvalue weighted by Crippen LogP contribution is -2.61. The summed E-state index contributed by atoms with van der Waals surface area (Å²) in [6, 6.07) is 0. The molecule has 1 spiro atoms. The quantitative estimate of drug-likeness (QED) is 0.519. The number of hydrogen-bond donors (Lipinski definition) is 0. The molecule has 2 fully saturated rings. The van der Waals surface area contributed by atoms with Gasteiger partial charge in [0.1, 0.15) is 0 Å². The maximum Gasteiger partial charge on any atom is 0.184 e. The van der Waals surface area contributed by atoms with E-state index in [0.29, 0.717) is 5.41 Å². The van der Waals surface area contributed by atoms with Gasteiger partial charge in [0, 0.05) is 5.41 Å². The molecular weight excluding hydrogens is 212 g/mol. The fraction of sp³-hybridized carbons (Fsp3) is 0.857. The van der Waals surface area contributed by atoms with E-state index in [9.17, 15) is 0 Å². The SMILES string of the molecule is C=C(C)C1(O[Si](C)(C)C)CCC12CCCC2. The fourth-order valence-electron chi connectivity index (χ4n) is 3.85. The van der Waals surface area contributed by atoms with E-state index in [1.54, 1.807) is 0 Å². The summed E-state index contributed by atoms with van der Waals surface area (Å²) in [5, 5.41) is 0. The molecule has 1 unspecified atom stereocenters. The van der Waals surface area contributed by atoms with Crippen molar-refractivity contribution in [3.05, 3.63) is 12.2 Å². The van der Waals surface area contributed by atoms with Crippen molar-refractivity contribution in [1.29, 1.82) is 0 Å². The van der Waals surface area contributed by atoms with Crippen LogP contribution in [0.4, 0.5) is 0 Å². The molecule has 0 heterocycles. The molecule has 2 rings (SSSR count). The van der Waals surface area contributed by atoms with Gasteiger partial charge in [0.25, 0.3) is 0 Å². The minimum Gasteiger partial charge on any atom is -0.408 e. The van der Waals surface area contributed by atoms with Gasteiger partial charge >= 0.3 is 0 Å². The van der Waals surface area contributed by atoms with E-state index in [2.05, 4.69) is 33.1 Å². The van der Waals surface area contributed by atoms with Gasteiger partial charge in [0.15, 0.2) is 8.32 Å². The van der Waals surface area contributed by atoms with Crippen molar-refractivity contribution >= 4 is 8.32 Å². The lowest BCUT2D eigenvalue weighted by molar-refractivity contribution is -0.121. The summed E-state index contributed by atoms with van der Waals surface area (Å²) in [5.74, 6) is 0. The Morgan fingerprint density at radius 2 is 1.62 bits per heavy atom. The molecule has 92 valence electrons. The zero-order valence-electron chi connectivity index (χ0n) is 11.4. The Labute approximate surface area is 101 Å². The van der Waals surface area contributed by atoms with Gasteiger partial charge in [-0.15, -0.1) is 0 Å². The van der Waals surface area contributed by atoms with Crippen LogP contribution in [0.25, 0.3) is 0 Å². The van der Waals surface area contributed by atoms with E-state index in [1.165, 1.54) is 44.1 Å². The van der Waals surface area contributed by atoms with Crippen LogP contribution in [0, 0.1) is 5.41 Å². The summed E-state index contributed by atoms with van der Waals surface area (Å²) >= 11 is 0. The molecule has 2 aliphatic rings. The van der Waals surface area contributed by atoms with Crippen LogP contribution in [0.15, 0.2) is 12.2 Å². The van der Waals surface area contributed by atoms with Gasteiger partial charge in [-0.3, -0.25) is 0 Å². The van der Waals surface area contributed by atoms with Gasteiger partial charge < -0.3 is 4.43 Å². The standard InChI is InChI=1S/C14H26OSi/c1-12(2)14(15-16(3,4)5)11-10-13(14)8-6-7-9-13/h1,6-11H2,2-5H3. The van der Waals surface area contributed by atoms with Crippen molar-refractivity contribution in [1.82, 2.24) is 0 Å². The molecule has 16 heavy (non-hydrogen) atoms. The lowest BCUT2D eigenvalue weighted by Gasteiger charge is -2.60. The van der Waals surface area contributed by atoms with Gasteiger partial charge in [-0.2, -0.15) is 0 Å². The molecule has 1 nitrogen and oxygen atoms in total. The third-order valence-corrected chi connectivity index (χ3v) is 5.50. The minimum absolute atomic E-state index is 0.0496. The lowest BCUT2D eigenvalue weighted by atomic mass is 9.53. The van der Waals surface area contributed by atoms with Gasteiger partial charge in [-0.25, -0.2) is 0 Å². The van der Waals surface area contributed by atoms with Crippen LogP contribution < -0.4 is 0 Å². The van der Waals surface area contributed by atoms with Crippen molar-refractivity contribution in [2.45, 2.75) is 70.7 Å².